The van der Waals surface area contributed by atoms with Gasteiger partial charge in [-0.1, -0.05) is 12.1 Å². The molecule has 3 N–H and O–H groups in total. The van der Waals surface area contributed by atoms with Crippen molar-refractivity contribution >= 4 is 11.9 Å². The third kappa shape index (κ3) is 9.53. The molecule has 1 aliphatic rings. The van der Waals surface area contributed by atoms with E-state index >= 15 is 0 Å². The maximum Gasteiger partial charge on any atom is 0.490 e. The van der Waals surface area contributed by atoms with Gasteiger partial charge in [0.15, 0.2) is 6.10 Å². The number of likely N-dealkylation sites (N-methyl/N-ethyl adjacent to an activating group) is 1. The van der Waals surface area contributed by atoms with Crippen LogP contribution in [0, 0.1) is 0 Å². The molecule has 1 aromatic carbocycles. The molecular weight excluding hydrogens is 436 g/mol. The molecule has 1 unspecified atom stereocenters. The van der Waals surface area contributed by atoms with Crippen LogP contribution in [0.3, 0.4) is 0 Å². The second-order valence-electron chi connectivity index (χ2n) is 6.76. The smallest absolute Gasteiger partial charge is 0.475 e. The van der Waals surface area contributed by atoms with Gasteiger partial charge in [-0.05, 0) is 24.7 Å². The van der Waals surface area contributed by atoms with Crippen molar-refractivity contribution in [3.8, 4) is 0 Å². The number of rotatable bonds is 5. The van der Waals surface area contributed by atoms with E-state index in [1.54, 1.807) is 0 Å². The van der Waals surface area contributed by atoms with Gasteiger partial charge >= 0.3 is 18.3 Å². The van der Waals surface area contributed by atoms with Crippen LogP contribution in [-0.2, 0) is 15.8 Å². The first-order chi connectivity index (χ1) is 14.2. The van der Waals surface area contributed by atoms with Gasteiger partial charge in [-0.3, -0.25) is 9.69 Å². The molecule has 0 spiro atoms. The predicted molar refractivity (Wildman–Crippen MR) is 97.0 cm³/mol. The van der Waals surface area contributed by atoms with Crippen LogP contribution in [0.15, 0.2) is 24.3 Å². The Morgan fingerprint density at radius 2 is 1.52 bits per heavy atom. The van der Waals surface area contributed by atoms with E-state index in [1.165, 1.54) is 0 Å². The molecule has 31 heavy (non-hydrogen) atoms. The van der Waals surface area contributed by atoms with Gasteiger partial charge < -0.3 is 20.4 Å². The molecule has 1 fully saturated rings. The standard InChI is InChI=1S/C16H22F3N3O2.C2HF3O2/c1-21-8-10-22(11-9-21)7-6-20-15(24)14(23)12-2-4-13(5-3-12)16(17,18)19;3-2(4,5)1(6)7/h2-5,14,23H,6-11H2,1H3,(H,20,24);(H,6,7). The maximum atomic E-state index is 12.5. The van der Waals surface area contributed by atoms with E-state index in [1.807, 2.05) is 0 Å². The van der Waals surface area contributed by atoms with Gasteiger partial charge in [0, 0.05) is 39.3 Å². The summed E-state index contributed by atoms with van der Waals surface area (Å²) in [5.74, 6) is -3.36. The van der Waals surface area contributed by atoms with Crippen molar-refractivity contribution in [1.29, 1.82) is 0 Å². The van der Waals surface area contributed by atoms with Crippen molar-refractivity contribution in [1.82, 2.24) is 15.1 Å². The van der Waals surface area contributed by atoms with Crippen LogP contribution >= 0.6 is 0 Å². The third-order valence-electron chi connectivity index (χ3n) is 4.37. The van der Waals surface area contributed by atoms with Crippen LogP contribution in [0.1, 0.15) is 17.2 Å². The number of nitrogens with zero attached hydrogens (tertiary/aromatic N) is 2. The molecule has 0 aromatic heterocycles. The Labute approximate surface area is 174 Å². The lowest BCUT2D eigenvalue weighted by Crippen LogP contribution is -2.47. The van der Waals surface area contributed by atoms with Gasteiger partial charge in [-0.2, -0.15) is 26.3 Å². The summed E-state index contributed by atoms with van der Waals surface area (Å²) < 4.78 is 69.2. The topological polar surface area (TPSA) is 93.1 Å². The highest BCUT2D eigenvalue weighted by Crippen LogP contribution is 2.29. The predicted octanol–water partition coefficient (Wildman–Crippen LogP) is 1.74. The van der Waals surface area contributed by atoms with E-state index in [0.717, 1.165) is 50.4 Å². The number of halogens is 6. The average Bonchev–Trinajstić information content (AvgIpc) is 2.68. The largest absolute Gasteiger partial charge is 0.490 e. The van der Waals surface area contributed by atoms with Gasteiger partial charge in [0.1, 0.15) is 0 Å². The number of piperazine rings is 1. The van der Waals surface area contributed by atoms with E-state index < -0.39 is 35.9 Å². The number of hydrogen-bond acceptors (Lipinski definition) is 5. The first kappa shape index (κ1) is 26.7. The molecule has 176 valence electrons. The number of carboxylic acids is 1. The van der Waals surface area contributed by atoms with E-state index in [0.29, 0.717) is 13.1 Å². The third-order valence-corrected chi connectivity index (χ3v) is 4.37. The Balaban J connectivity index is 0.000000592. The van der Waals surface area contributed by atoms with Crippen LogP contribution < -0.4 is 5.32 Å². The number of amides is 1. The first-order valence-corrected chi connectivity index (χ1v) is 9.05. The molecule has 0 saturated carbocycles. The minimum atomic E-state index is -5.08. The summed E-state index contributed by atoms with van der Waals surface area (Å²) in [5.41, 5.74) is -0.672. The lowest BCUT2D eigenvalue weighted by atomic mass is 10.1. The summed E-state index contributed by atoms with van der Waals surface area (Å²) >= 11 is 0. The van der Waals surface area contributed by atoms with Crippen LogP contribution in [0.25, 0.3) is 0 Å². The number of nitrogens with one attached hydrogen (secondary N) is 1. The zero-order chi connectivity index (χ0) is 23.8. The zero-order valence-corrected chi connectivity index (χ0v) is 16.5. The Kier molecular flexibility index (Phi) is 9.72. The highest BCUT2D eigenvalue weighted by molar-refractivity contribution is 5.81. The maximum absolute atomic E-state index is 12.5. The summed E-state index contributed by atoms with van der Waals surface area (Å²) in [7, 11) is 2.06. The number of aliphatic hydroxyl groups excluding tert-OH is 1. The number of carboxylic acid groups (broad SMARTS) is 1. The summed E-state index contributed by atoms with van der Waals surface area (Å²) in [6.07, 6.45) is -11.0. The van der Waals surface area contributed by atoms with Crippen molar-refractivity contribution in [3.63, 3.8) is 0 Å². The molecule has 1 heterocycles. The molecular formula is C18H23F6N3O4. The minimum absolute atomic E-state index is 0.139. The van der Waals surface area contributed by atoms with E-state index in [-0.39, 0.29) is 5.56 Å². The fraction of sp³-hybridized carbons (Fsp3) is 0.556. The first-order valence-electron chi connectivity index (χ1n) is 9.05. The molecule has 2 rings (SSSR count). The van der Waals surface area contributed by atoms with Gasteiger partial charge in [-0.25, -0.2) is 4.79 Å². The number of carbonyl (C=O) groups excluding carboxylic acids is 1. The molecule has 1 aromatic rings. The normalized spacial score (nSPS) is 16.8. The van der Waals surface area contributed by atoms with Crippen LogP contribution in [0.5, 0.6) is 0 Å². The minimum Gasteiger partial charge on any atom is -0.475 e. The molecule has 0 radical (unpaired) electrons. The molecule has 1 atom stereocenters. The average molecular weight is 459 g/mol. The second-order valence-corrected chi connectivity index (χ2v) is 6.76. The Hall–Kier alpha value is -2.38. The van der Waals surface area contributed by atoms with E-state index in [2.05, 4.69) is 22.2 Å². The van der Waals surface area contributed by atoms with Crippen molar-refractivity contribution in [2.24, 2.45) is 0 Å². The number of hydrogen-bond donors (Lipinski definition) is 3. The Morgan fingerprint density at radius 3 is 1.94 bits per heavy atom. The number of alkyl halides is 6. The fourth-order valence-corrected chi connectivity index (χ4v) is 2.51. The summed E-state index contributed by atoms with van der Waals surface area (Å²) in [4.78, 5) is 25.2. The van der Waals surface area contributed by atoms with E-state index in [4.69, 9.17) is 9.90 Å². The van der Waals surface area contributed by atoms with Crippen LogP contribution in [0.4, 0.5) is 26.3 Å². The van der Waals surface area contributed by atoms with Crippen molar-refractivity contribution < 1.29 is 46.1 Å². The monoisotopic (exact) mass is 459 g/mol. The van der Waals surface area contributed by atoms with Crippen LogP contribution in [-0.4, -0.2) is 84.4 Å². The fourth-order valence-electron chi connectivity index (χ4n) is 2.51. The number of aliphatic carboxylic acids is 1. The van der Waals surface area contributed by atoms with Gasteiger partial charge in [0.2, 0.25) is 0 Å². The Bertz CT molecular complexity index is 716. The van der Waals surface area contributed by atoms with Gasteiger partial charge in [-0.15, -0.1) is 0 Å². The molecule has 13 heteroatoms. The quantitative estimate of drug-likeness (QED) is 0.581. The highest BCUT2D eigenvalue weighted by Gasteiger charge is 2.38. The Morgan fingerprint density at radius 1 is 1.03 bits per heavy atom. The highest BCUT2D eigenvalue weighted by atomic mass is 19.4. The van der Waals surface area contributed by atoms with Crippen molar-refractivity contribution in [3.05, 3.63) is 35.4 Å². The van der Waals surface area contributed by atoms with Crippen molar-refractivity contribution in [2.45, 2.75) is 18.5 Å². The summed E-state index contributed by atoms with van der Waals surface area (Å²) in [6.45, 7) is 4.87. The summed E-state index contributed by atoms with van der Waals surface area (Å²) in [6, 6.07) is 3.95. The SMILES string of the molecule is CN1CCN(CCNC(=O)C(O)c2ccc(C(F)(F)F)cc2)CC1.O=C(O)C(F)(F)F. The molecule has 1 amide bonds. The van der Waals surface area contributed by atoms with Crippen molar-refractivity contribution in [2.75, 3.05) is 46.3 Å². The van der Waals surface area contributed by atoms with Crippen LogP contribution in [0.2, 0.25) is 0 Å². The lowest BCUT2D eigenvalue weighted by molar-refractivity contribution is -0.192. The molecule has 1 aliphatic heterocycles. The van der Waals surface area contributed by atoms with Gasteiger partial charge in [0.25, 0.3) is 5.91 Å². The second kappa shape index (κ2) is 11.3. The number of carbonyl (C=O) groups is 2. The zero-order valence-electron chi connectivity index (χ0n) is 16.5. The number of aliphatic hydroxyl groups is 1. The summed E-state index contributed by atoms with van der Waals surface area (Å²) in [5, 5.41) is 19.7. The molecule has 1 saturated heterocycles. The van der Waals surface area contributed by atoms with E-state index in [9.17, 15) is 36.2 Å². The molecule has 0 aliphatic carbocycles. The van der Waals surface area contributed by atoms with Gasteiger partial charge in [0.05, 0.1) is 5.56 Å². The molecule has 0 bridgehead atoms. The molecule has 7 nitrogen and oxygen atoms in total. The lowest BCUT2D eigenvalue weighted by Gasteiger charge is -2.32. The number of benzene rings is 1.